The summed E-state index contributed by atoms with van der Waals surface area (Å²) in [5, 5.41) is 14.0. The predicted molar refractivity (Wildman–Crippen MR) is 192 cm³/mol. The molecule has 8 nitrogen and oxygen atoms in total. The summed E-state index contributed by atoms with van der Waals surface area (Å²) < 4.78 is 14.5. The van der Waals surface area contributed by atoms with Gasteiger partial charge in [0.1, 0.15) is 6.61 Å². The smallest absolute Gasteiger partial charge is 0.271 e. The summed E-state index contributed by atoms with van der Waals surface area (Å²) in [6.45, 7) is 2.75. The standard InChI is InChI=1S/C40H31N3O5S/c1-2-47-35-21-25(17-20-34(35)48-24-29-13-7-11-26-9-3-5-15-31(26)29)22-36-39(44)42-38(28-12-8-14-30(23-28)43(45)46)33-19-18-27-10-4-6-16-32(27)37(33)41-40(42)49-36/h3-17,20-23,38H,2,18-19,24H2,1H3/b36-22+/t38-/m1/s1. The van der Waals surface area contributed by atoms with Gasteiger partial charge in [-0.15, -0.1) is 0 Å². The topological polar surface area (TPSA) is 96.0 Å². The van der Waals surface area contributed by atoms with Gasteiger partial charge in [0.25, 0.3) is 11.2 Å². The van der Waals surface area contributed by atoms with Crippen LogP contribution in [0.4, 0.5) is 5.69 Å². The lowest BCUT2D eigenvalue weighted by atomic mass is 9.83. The highest BCUT2D eigenvalue weighted by Gasteiger charge is 2.33. The van der Waals surface area contributed by atoms with Gasteiger partial charge in [-0.25, -0.2) is 4.99 Å². The Bertz CT molecular complexity index is 2490. The van der Waals surface area contributed by atoms with Crippen LogP contribution in [0.1, 0.15) is 47.2 Å². The lowest BCUT2D eigenvalue weighted by molar-refractivity contribution is -0.384. The molecule has 0 radical (unpaired) electrons. The Morgan fingerprint density at radius 2 is 1.73 bits per heavy atom. The van der Waals surface area contributed by atoms with Crippen LogP contribution in [0.5, 0.6) is 11.5 Å². The summed E-state index contributed by atoms with van der Waals surface area (Å²) >= 11 is 1.32. The average Bonchev–Trinajstić information content (AvgIpc) is 3.44. The van der Waals surface area contributed by atoms with Gasteiger partial charge in [0.2, 0.25) is 0 Å². The van der Waals surface area contributed by atoms with Crippen LogP contribution in [-0.4, -0.2) is 16.1 Å². The first-order valence-corrected chi connectivity index (χ1v) is 17.0. The van der Waals surface area contributed by atoms with Crippen molar-refractivity contribution in [3.05, 3.63) is 172 Å². The second-order valence-electron chi connectivity index (χ2n) is 12.0. The van der Waals surface area contributed by atoms with Gasteiger partial charge in [0, 0.05) is 17.7 Å². The quantitative estimate of drug-likeness (QED) is 0.125. The molecule has 0 fully saturated rings. The number of hydrogen-bond acceptors (Lipinski definition) is 7. The number of hydrogen-bond donors (Lipinski definition) is 0. The zero-order chi connectivity index (χ0) is 33.5. The molecule has 0 saturated heterocycles. The molecule has 49 heavy (non-hydrogen) atoms. The molecule has 0 spiro atoms. The number of non-ortho nitro benzene ring substituents is 1. The number of nitrogens with zero attached hydrogens (tertiary/aromatic N) is 3. The number of fused-ring (bicyclic) bond motifs is 4. The monoisotopic (exact) mass is 665 g/mol. The van der Waals surface area contributed by atoms with Crippen molar-refractivity contribution in [2.45, 2.75) is 32.4 Å². The zero-order valence-corrected chi connectivity index (χ0v) is 27.5. The second kappa shape index (κ2) is 12.7. The summed E-state index contributed by atoms with van der Waals surface area (Å²) in [7, 11) is 0. The maximum Gasteiger partial charge on any atom is 0.271 e. The van der Waals surface area contributed by atoms with E-state index in [1.807, 2.05) is 67.6 Å². The lowest BCUT2D eigenvalue weighted by Crippen LogP contribution is -2.38. The highest BCUT2D eigenvalue weighted by molar-refractivity contribution is 7.07. The third kappa shape index (κ3) is 5.62. The molecule has 0 bridgehead atoms. The van der Waals surface area contributed by atoms with Crippen molar-refractivity contribution in [3.63, 3.8) is 0 Å². The molecule has 6 aromatic rings. The van der Waals surface area contributed by atoms with E-state index in [9.17, 15) is 14.9 Å². The largest absolute Gasteiger partial charge is 0.490 e. The van der Waals surface area contributed by atoms with Gasteiger partial charge < -0.3 is 9.47 Å². The maximum absolute atomic E-state index is 14.3. The molecule has 0 unspecified atom stereocenters. The summed E-state index contributed by atoms with van der Waals surface area (Å²) in [5.74, 6) is 1.20. The molecule has 1 aromatic heterocycles. The van der Waals surface area contributed by atoms with E-state index < -0.39 is 11.0 Å². The highest BCUT2D eigenvalue weighted by Crippen LogP contribution is 2.41. The Balaban J connectivity index is 1.20. The van der Waals surface area contributed by atoms with Gasteiger partial charge in [-0.2, -0.15) is 0 Å². The first-order valence-electron chi connectivity index (χ1n) is 16.2. The van der Waals surface area contributed by atoms with E-state index in [1.54, 1.807) is 16.7 Å². The number of ether oxygens (including phenoxy) is 2. The number of rotatable bonds is 8. The fourth-order valence-corrected chi connectivity index (χ4v) is 7.86. The number of nitro benzene ring substituents is 1. The molecule has 8 rings (SSSR count). The minimum atomic E-state index is -0.509. The molecule has 9 heteroatoms. The highest BCUT2D eigenvalue weighted by atomic mass is 32.1. The van der Waals surface area contributed by atoms with E-state index in [1.165, 1.54) is 23.0 Å². The fraction of sp³-hybridized carbons (Fsp3) is 0.150. The first kappa shape index (κ1) is 30.5. The third-order valence-electron chi connectivity index (χ3n) is 9.10. The fourth-order valence-electron chi connectivity index (χ4n) is 6.86. The summed E-state index contributed by atoms with van der Waals surface area (Å²) in [5.41, 5.74) is 6.42. The van der Waals surface area contributed by atoms with E-state index in [-0.39, 0.29) is 11.2 Å². The number of benzene rings is 5. The molecular formula is C40H31N3O5S. The van der Waals surface area contributed by atoms with Gasteiger partial charge in [0.05, 0.1) is 27.8 Å². The molecule has 242 valence electrons. The second-order valence-corrected chi connectivity index (χ2v) is 13.0. The zero-order valence-electron chi connectivity index (χ0n) is 26.7. The average molecular weight is 666 g/mol. The Kier molecular flexibility index (Phi) is 7.89. The molecule has 1 atom stereocenters. The Morgan fingerprint density at radius 1 is 0.918 bits per heavy atom. The molecule has 5 aromatic carbocycles. The van der Waals surface area contributed by atoms with E-state index in [0.29, 0.717) is 46.0 Å². The van der Waals surface area contributed by atoms with Gasteiger partial charge in [-0.1, -0.05) is 96.3 Å². The van der Waals surface area contributed by atoms with Crippen molar-refractivity contribution in [1.29, 1.82) is 0 Å². The van der Waals surface area contributed by atoms with Crippen molar-refractivity contribution < 1.29 is 14.4 Å². The summed E-state index contributed by atoms with van der Waals surface area (Å²) in [6.07, 6.45) is 3.35. The summed E-state index contributed by atoms with van der Waals surface area (Å²) in [4.78, 5) is 31.2. The van der Waals surface area contributed by atoms with Crippen LogP contribution in [0.15, 0.2) is 125 Å². The Hall–Kier alpha value is -5.80. The normalized spacial score (nSPS) is 15.3. The van der Waals surface area contributed by atoms with Gasteiger partial charge in [-0.05, 0) is 76.6 Å². The van der Waals surface area contributed by atoms with Gasteiger partial charge >= 0.3 is 0 Å². The van der Waals surface area contributed by atoms with Crippen LogP contribution >= 0.6 is 11.3 Å². The van der Waals surface area contributed by atoms with Gasteiger partial charge in [-0.3, -0.25) is 19.5 Å². The van der Waals surface area contributed by atoms with Crippen molar-refractivity contribution in [2.24, 2.45) is 4.99 Å². The van der Waals surface area contributed by atoms with Crippen LogP contribution in [0.25, 0.3) is 22.5 Å². The lowest BCUT2D eigenvalue weighted by Gasteiger charge is -2.30. The van der Waals surface area contributed by atoms with Crippen LogP contribution in [0.3, 0.4) is 0 Å². The van der Waals surface area contributed by atoms with Crippen LogP contribution in [-0.2, 0) is 13.0 Å². The number of aryl methyl sites for hydroxylation is 1. The molecule has 2 aliphatic rings. The van der Waals surface area contributed by atoms with Crippen LogP contribution in [0, 0.1) is 10.1 Å². The van der Waals surface area contributed by atoms with Crippen molar-refractivity contribution in [2.75, 3.05) is 6.61 Å². The molecule has 1 aliphatic carbocycles. The first-order chi connectivity index (χ1) is 24.0. The van der Waals surface area contributed by atoms with E-state index in [0.717, 1.165) is 45.2 Å². The van der Waals surface area contributed by atoms with E-state index in [4.69, 9.17) is 14.5 Å². The Morgan fingerprint density at radius 3 is 2.61 bits per heavy atom. The van der Waals surface area contributed by atoms with Crippen LogP contribution < -0.4 is 24.4 Å². The molecule has 0 N–H and O–H groups in total. The number of aromatic nitrogens is 1. The Labute approximate surface area is 285 Å². The molecule has 2 heterocycles. The minimum absolute atomic E-state index is 0.0128. The summed E-state index contributed by atoms with van der Waals surface area (Å²) in [6, 6.07) is 34.4. The number of allylic oxidation sites excluding steroid dienone is 1. The van der Waals surface area contributed by atoms with Crippen molar-refractivity contribution in [1.82, 2.24) is 4.57 Å². The van der Waals surface area contributed by atoms with Crippen molar-refractivity contribution in [3.8, 4) is 11.5 Å². The van der Waals surface area contributed by atoms with E-state index in [2.05, 4.69) is 36.4 Å². The van der Waals surface area contributed by atoms with Gasteiger partial charge in [0.15, 0.2) is 16.3 Å². The van der Waals surface area contributed by atoms with Crippen LogP contribution in [0.2, 0.25) is 0 Å². The SMILES string of the molecule is CCOc1cc(/C=c2/sc3n(c2=O)[C@H](c2cccc([N+](=O)[O-])c2)C2=C(N=3)c3ccccc3CC2)ccc1OCc1cccc2ccccc12. The third-order valence-corrected chi connectivity index (χ3v) is 10.1. The predicted octanol–water partition coefficient (Wildman–Crippen LogP) is 7.36. The van der Waals surface area contributed by atoms with E-state index >= 15 is 0 Å². The molecule has 0 amide bonds. The minimum Gasteiger partial charge on any atom is -0.490 e. The molecular weight excluding hydrogens is 635 g/mol. The molecule has 0 saturated carbocycles. The van der Waals surface area contributed by atoms with Crippen molar-refractivity contribution >= 4 is 39.6 Å². The number of nitro groups is 1. The number of thiazole rings is 1. The maximum atomic E-state index is 14.3. The molecule has 1 aliphatic heterocycles.